The Kier molecular flexibility index (Phi) is 8.98. The number of rotatable bonds is 5. The molecule has 0 unspecified atom stereocenters. The van der Waals surface area contributed by atoms with E-state index in [0.29, 0.717) is 10.6 Å². The number of hydrogen-bond acceptors (Lipinski definition) is 4. The van der Waals surface area contributed by atoms with E-state index >= 15 is 0 Å². The lowest BCUT2D eigenvalue weighted by molar-refractivity contribution is -0.192. The molecule has 4 rings (SSSR count). The molecule has 3 N–H and O–H groups in total. The number of piperidine rings is 1. The van der Waals surface area contributed by atoms with Crippen LogP contribution in [0.4, 0.5) is 17.6 Å². The van der Waals surface area contributed by atoms with Gasteiger partial charge in [-0.3, -0.25) is 9.36 Å². The van der Waals surface area contributed by atoms with Gasteiger partial charge in [-0.2, -0.15) is 13.2 Å². The number of nitrogens with one attached hydrogen (secondary N) is 2. The molecule has 0 spiro atoms. The average molecular weight is 545 g/mol. The van der Waals surface area contributed by atoms with E-state index in [1.165, 1.54) is 24.3 Å². The van der Waals surface area contributed by atoms with Crippen LogP contribution in [-0.2, 0) is 4.79 Å². The third kappa shape index (κ3) is 7.56. The van der Waals surface area contributed by atoms with Crippen LogP contribution in [0.5, 0.6) is 0 Å². The van der Waals surface area contributed by atoms with Crippen molar-refractivity contribution in [1.29, 1.82) is 0 Å². The van der Waals surface area contributed by atoms with Crippen LogP contribution in [-0.4, -0.2) is 63.3 Å². The zero-order valence-electron chi connectivity index (χ0n) is 19.7. The number of nitrogens with zero attached hydrogens (tertiary/aromatic N) is 2. The van der Waals surface area contributed by atoms with E-state index in [2.05, 4.69) is 15.2 Å². The van der Waals surface area contributed by atoms with Crippen molar-refractivity contribution < 1.29 is 32.3 Å². The fourth-order valence-electron chi connectivity index (χ4n) is 4.17. The zero-order valence-corrected chi connectivity index (χ0v) is 20.4. The molecule has 13 heteroatoms. The highest BCUT2D eigenvalue weighted by Gasteiger charge is 2.38. The maximum absolute atomic E-state index is 13.0. The number of fused-ring (bicyclic) bond motifs is 1. The van der Waals surface area contributed by atoms with Gasteiger partial charge < -0.3 is 20.3 Å². The number of alkyl halides is 3. The number of amides is 1. The Labute approximate surface area is 213 Å². The lowest BCUT2D eigenvalue weighted by Gasteiger charge is -2.34. The summed E-state index contributed by atoms with van der Waals surface area (Å²) >= 11 is 6.03. The third-order valence-electron chi connectivity index (χ3n) is 5.86. The van der Waals surface area contributed by atoms with Crippen LogP contribution in [0.1, 0.15) is 36.2 Å². The Morgan fingerprint density at radius 2 is 1.76 bits per heavy atom. The number of H-pyrrole nitrogens is 1. The Morgan fingerprint density at radius 1 is 1.16 bits per heavy atom. The molecule has 1 aromatic heterocycles. The number of carbonyl (C=O) groups excluding carboxylic acids is 1. The number of hydrogen-bond donors (Lipinski definition) is 3. The van der Waals surface area contributed by atoms with Gasteiger partial charge >= 0.3 is 17.8 Å². The quantitative estimate of drug-likeness (QED) is 0.417. The number of carboxylic acids is 1. The predicted octanol–water partition coefficient (Wildman–Crippen LogP) is 4.21. The summed E-state index contributed by atoms with van der Waals surface area (Å²) in [5.74, 6) is -3.33. The maximum Gasteiger partial charge on any atom is 0.490 e. The largest absolute Gasteiger partial charge is 0.490 e. The van der Waals surface area contributed by atoms with Gasteiger partial charge in [0.15, 0.2) is 0 Å². The van der Waals surface area contributed by atoms with Crippen LogP contribution in [0.15, 0.2) is 47.3 Å². The highest BCUT2D eigenvalue weighted by Crippen LogP contribution is 2.26. The molecule has 1 atom stereocenters. The van der Waals surface area contributed by atoms with Crippen LogP contribution in [0.25, 0.3) is 11.0 Å². The molecule has 2 aromatic carbocycles. The third-order valence-corrected chi connectivity index (χ3v) is 6.09. The highest BCUT2D eigenvalue weighted by molar-refractivity contribution is 6.31. The van der Waals surface area contributed by atoms with Gasteiger partial charge in [-0.15, -0.1) is 0 Å². The fourth-order valence-corrected chi connectivity index (χ4v) is 4.34. The van der Waals surface area contributed by atoms with E-state index in [1.54, 1.807) is 12.1 Å². The monoisotopic (exact) mass is 544 g/mol. The first-order valence-electron chi connectivity index (χ1n) is 11.3. The van der Waals surface area contributed by atoms with Crippen LogP contribution in [0, 0.1) is 5.82 Å². The molecule has 3 aromatic rings. The topological polar surface area (TPSA) is 107 Å². The number of aliphatic carboxylic acids is 1. The molecule has 1 amide bonds. The summed E-state index contributed by atoms with van der Waals surface area (Å²) in [7, 11) is 0. The van der Waals surface area contributed by atoms with E-state index < -0.39 is 12.1 Å². The van der Waals surface area contributed by atoms with E-state index in [4.69, 9.17) is 21.5 Å². The van der Waals surface area contributed by atoms with Gasteiger partial charge in [-0.05, 0) is 62.2 Å². The molecule has 37 heavy (non-hydrogen) atoms. The Bertz CT molecular complexity index is 1300. The number of carbonyl (C=O) groups is 2. The van der Waals surface area contributed by atoms with Gasteiger partial charge in [0.2, 0.25) is 0 Å². The van der Waals surface area contributed by atoms with Crippen molar-refractivity contribution >= 4 is 34.5 Å². The van der Waals surface area contributed by atoms with Gasteiger partial charge in [0.05, 0.1) is 11.0 Å². The van der Waals surface area contributed by atoms with Gasteiger partial charge in [0.25, 0.3) is 5.91 Å². The molecule has 1 saturated heterocycles. The number of halogens is 5. The second-order valence-electron chi connectivity index (χ2n) is 8.68. The van der Waals surface area contributed by atoms with Crippen LogP contribution < -0.4 is 11.0 Å². The molecule has 1 fully saturated rings. The summed E-state index contributed by atoms with van der Waals surface area (Å²) in [6, 6.07) is 11.1. The molecule has 8 nitrogen and oxygen atoms in total. The highest BCUT2D eigenvalue weighted by atomic mass is 35.5. The predicted molar refractivity (Wildman–Crippen MR) is 129 cm³/mol. The normalized spacial score (nSPS) is 15.6. The van der Waals surface area contributed by atoms with E-state index in [1.807, 2.05) is 17.6 Å². The smallest absolute Gasteiger partial charge is 0.475 e. The number of imidazole rings is 1. The van der Waals surface area contributed by atoms with Crippen molar-refractivity contribution in [3.63, 3.8) is 0 Å². The number of likely N-dealkylation sites (tertiary alicyclic amines) is 1. The lowest BCUT2D eigenvalue weighted by atomic mass is 10.0. The standard InChI is InChI=1S/C22H24ClFN4O2.C2HF3O2/c1-14(25-21(29)15-2-5-17(24)6-3-15)13-27-10-8-18(9-11-27)28-20-7-4-16(23)12-19(20)26-22(28)30;3-2(4,5)1(6)7/h2-7,12,14,18H,8-11,13H2,1H3,(H,25,29)(H,26,30);(H,6,7)/t14-;/m0./s1. The first kappa shape index (κ1) is 28.2. The Morgan fingerprint density at radius 3 is 2.32 bits per heavy atom. The van der Waals surface area contributed by atoms with Crippen molar-refractivity contribution in [2.24, 2.45) is 0 Å². The summed E-state index contributed by atoms with van der Waals surface area (Å²) in [4.78, 5) is 38.8. The van der Waals surface area contributed by atoms with Gasteiger partial charge in [0.1, 0.15) is 5.82 Å². The van der Waals surface area contributed by atoms with Crippen molar-refractivity contribution in [3.05, 3.63) is 69.4 Å². The molecular weight excluding hydrogens is 520 g/mol. The minimum Gasteiger partial charge on any atom is -0.475 e. The van der Waals surface area contributed by atoms with Crippen molar-refractivity contribution in [1.82, 2.24) is 19.8 Å². The number of aromatic amines is 1. The van der Waals surface area contributed by atoms with Crippen molar-refractivity contribution in [3.8, 4) is 0 Å². The lowest BCUT2D eigenvalue weighted by Crippen LogP contribution is -2.45. The number of benzene rings is 2. The first-order chi connectivity index (χ1) is 17.3. The number of aromatic nitrogens is 2. The minimum atomic E-state index is -5.08. The van der Waals surface area contributed by atoms with E-state index in [-0.39, 0.29) is 29.5 Å². The minimum absolute atomic E-state index is 0.0444. The molecular formula is C24H25ClF4N4O4. The zero-order chi connectivity index (χ0) is 27.3. The molecule has 200 valence electrons. The van der Waals surface area contributed by atoms with Crippen molar-refractivity contribution in [2.45, 2.75) is 38.0 Å². The van der Waals surface area contributed by atoms with E-state index in [0.717, 1.165) is 43.5 Å². The Balaban J connectivity index is 0.000000479. The summed E-state index contributed by atoms with van der Waals surface area (Å²) in [5.41, 5.74) is 1.97. The first-order valence-corrected chi connectivity index (χ1v) is 11.7. The van der Waals surface area contributed by atoms with Gasteiger partial charge in [-0.25, -0.2) is 14.0 Å². The maximum atomic E-state index is 13.0. The average Bonchev–Trinajstić information content (AvgIpc) is 3.14. The summed E-state index contributed by atoms with van der Waals surface area (Å²) in [6.07, 6.45) is -3.37. The molecule has 0 radical (unpaired) electrons. The fraction of sp³-hybridized carbons (Fsp3) is 0.375. The number of carboxylic acid groups (broad SMARTS) is 1. The van der Waals surface area contributed by atoms with Gasteiger partial charge in [-0.1, -0.05) is 11.6 Å². The molecule has 0 saturated carbocycles. The molecule has 2 heterocycles. The van der Waals surface area contributed by atoms with Gasteiger partial charge in [0, 0.05) is 42.3 Å². The Hall–Kier alpha value is -3.38. The van der Waals surface area contributed by atoms with Crippen molar-refractivity contribution in [2.75, 3.05) is 19.6 Å². The summed E-state index contributed by atoms with van der Waals surface area (Å²) in [6.45, 7) is 4.36. The second-order valence-corrected chi connectivity index (χ2v) is 9.11. The molecule has 0 aliphatic carbocycles. The van der Waals surface area contributed by atoms with Crippen LogP contribution in [0.3, 0.4) is 0 Å². The molecule has 0 bridgehead atoms. The summed E-state index contributed by atoms with van der Waals surface area (Å²) in [5, 5.41) is 10.7. The van der Waals surface area contributed by atoms with Crippen LogP contribution in [0.2, 0.25) is 5.02 Å². The SMILES string of the molecule is C[C@@H](CN1CCC(n2c(=O)[nH]c3cc(Cl)ccc32)CC1)NC(=O)c1ccc(F)cc1.O=C(O)C(F)(F)F. The summed E-state index contributed by atoms with van der Waals surface area (Å²) < 4.78 is 46.6. The molecule has 1 aliphatic rings. The molecule has 1 aliphatic heterocycles. The second kappa shape index (κ2) is 11.8. The van der Waals surface area contributed by atoms with E-state index in [9.17, 15) is 27.2 Å². The van der Waals surface area contributed by atoms with Crippen LogP contribution >= 0.6 is 11.6 Å².